The van der Waals surface area contributed by atoms with Crippen molar-refractivity contribution in [3.63, 3.8) is 0 Å². The van der Waals surface area contributed by atoms with E-state index in [4.69, 9.17) is 4.74 Å². The third kappa shape index (κ3) is 5.23. The van der Waals surface area contributed by atoms with Gasteiger partial charge in [0.15, 0.2) is 0 Å². The Morgan fingerprint density at radius 2 is 1.85 bits per heavy atom. The number of allylic oxidation sites excluding steroid dienone is 2. The zero-order valence-electron chi connectivity index (χ0n) is 8.83. The average Bonchev–Trinajstić information content (AvgIpc) is 2.02. The Balaban J connectivity index is 4.44. The van der Waals surface area contributed by atoms with E-state index in [1.54, 1.807) is 0 Å². The minimum atomic E-state index is -0.388. The predicted molar refractivity (Wildman–Crippen MR) is 54.0 cm³/mol. The number of rotatable bonds is 4. The molecule has 0 saturated heterocycles. The topological polar surface area (TPSA) is 26.3 Å². The lowest BCUT2D eigenvalue weighted by atomic mass is 10.1. The summed E-state index contributed by atoms with van der Waals surface area (Å²) >= 11 is 0. The first-order valence-corrected chi connectivity index (χ1v) is 4.53. The van der Waals surface area contributed by atoms with Crippen LogP contribution in [-0.2, 0) is 9.53 Å². The van der Waals surface area contributed by atoms with Crippen molar-refractivity contribution in [1.82, 2.24) is 0 Å². The number of carbonyl (C=O) groups is 1. The van der Waals surface area contributed by atoms with Crippen LogP contribution in [0.1, 0.15) is 27.7 Å². The molecule has 0 aromatic rings. The molecule has 0 aliphatic carbocycles. The van der Waals surface area contributed by atoms with Crippen molar-refractivity contribution >= 4 is 5.97 Å². The van der Waals surface area contributed by atoms with E-state index in [0.29, 0.717) is 5.92 Å². The van der Waals surface area contributed by atoms with Crippen LogP contribution in [0.25, 0.3) is 0 Å². The van der Waals surface area contributed by atoms with Crippen molar-refractivity contribution in [2.75, 3.05) is 0 Å². The maximum absolute atomic E-state index is 10.9. The van der Waals surface area contributed by atoms with Gasteiger partial charge in [0.2, 0.25) is 0 Å². The molecule has 0 amide bonds. The van der Waals surface area contributed by atoms with E-state index in [9.17, 15) is 4.79 Å². The molecule has 0 fully saturated rings. The summed E-state index contributed by atoms with van der Waals surface area (Å²) in [6.45, 7) is 11.4. The lowest BCUT2D eigenvalue weighted by molar-refractivity contribution is -0.134. The molecule has 0 aromatic heterocycles. The van der Waals surface area contributed by atoms with E-state index in [1.807, 2.05) is 33.8 Å². The minimum absolute atomic E-state index is 0.228. The second-order valence-electron chi connectivity index (χ2n) is 3.59. The van der Waals surface area contributed by atoms with Crippen LogP contribution in [0.2, 0.25) is 0 Å². The minimum Gasteiger partial charge on any atom is -0.428 e. The smallest absolute Gasteiger partial charge is 0.335 e. The maximum Gasteiger partial charge on any atom is 0.335 e. The molecule has 0 rings (SSSR count). The Labute approximate surface area is 80.3 Å². The Morgan fingerprint density at radius 1 is 1.31 bits per heavy atom. The summed E-state index contributed by atoms with van der Waals surface area (Å²) in [4.78, 5) is 10.9. The summed E-state index contributed by atoms with van der Waals surface area (Å²) in [6, 6.07) is 0. The van der Waals surface area contributed by atoms with Gasteiger partial charge in [-0.25, -0.2) is 4.79 Å². The molecule has 0 unspecified atom stereocenters. The molecular formula is C11H18O2. The SMILES string of the molecule is C=CC(=O)OC(=CC(C)C)C(C)C. The number of carbonyl (C=O) groups excluding carboxylic acids is 1. The molecule has 0 spiro atoms. The van der Waals surface area contributed by atoms with E-state index in [-0.39, 0.29) is 11.9 Å². The van der Waals surface area contributed by atoms with Gasteiger partial charge in [0.1, 0.15) is 5.76 Å². The van der Waals surface area contributed by atoms with E-state index in [2.05, 4.69) is 6.58 Å². The van der Waals surface area contributed by atoms with E-state index < -0.39 is 0 Å². The van der Waals surface area contributed by atoms with Crippen molar-refractivity contribution in [2.24, 2.45) is 11.8 Å². The summed E-state index contributed by atoms with van der Waals surface area (Å²) in [6.07, 6.45) is 3.13. The fraction of sp³-hybridized carbons (Fsp3) is 0.545. The van der Waals surface area contributed by atoms with Gasteiger partial charge in [0.05, 0.1) is 0 Å². The number of hydrogen-bond donors (Lipinski definition) is 0. The molecule has 0 radical (unpaired) electrons. The van der Waals surface area contributed by atoms with E-state index >= 15 is 0 Å². The molecule has 0 aromatic carbocycles. The second-order valence-corrected chi connectivity index (χ2v) is 3.59. The third-order valence-electron chi connectivity index (χ3n) is 1.45. The summed E-state index contributed by atoms with van der Waals surface area (Å²) < 4.78 is 5.08. The van der Waals surface area contributed by atoms with Crippen molar-refractivity contribution in [1.29, 1.82) is 0 Å². The van der Waals surface area contributed by atoms with Gasteiger partial charge in [-0.3, -0.25) is 0 Å². The van der Waals surface area contributed by atoms with Gasteiger partial charge in [-0.05, 0) is 12.0 Å². The van der Waals surface area contributed by atoms with Crippen LogP contribution in [0.5, 0.6) is 0 Å². The zero-order chi connectivity index (χ0) is 10.4. The number of hydrogen-bond acceptors (Lipinski definition) is 2. The van der Waals surface area contributed by atoms with Crippen LogP contribution in [0.15, 0.2) is 24.5 Å². The van der Waals surface area contributed by atoms with Crippen molar-refractivity contribution < 1.29 is 9.53 Å². The highest BCUT2D eigenvalue weighted by molar-refractivity contribution is 5.82. The molecule has 13 heavy (non-hydrogen) atoms. The third-order valence-corrected chi connectivity index (χ3v) is 1.45. The molecule has 2 heteroatoms. The highest BCUT2D eigenvalue weighted by Crippen LogP contribution is 2.14. The maximum atomic E-state index is 10.9. The van der Waals surface area contributed by atoms with Crippen molar-refractivity contribution in [2.45, 2.75) is 27.7 Å². The van der Waals surface area contributed by atoms with Gasteiger partial charge >= 0.3 is 5.97 Å². The van der Waals surface area contributed by atoms with Crippen LogP contribution in [0.4, 0.5) is 0 Å². The lowest BCUT2D eigenvalue weighted by Crippen LogP contribution is -2.06. The highest BCUT2D eigenvalue weighted by Gasteiger charge is 2.08. The summed E-state index contributed by atoms with van der Waals surface area (Å²) in [5.41, 5.74) is 0. The predicted octanol–water partition coefficient (Wildman–Crippen LogP) is 2.91. The van der Waals surface area contributed by atoms with Gasteiger partial charge < -0.3 is 4.74 Å². The standard InChI is InChI=1S/C11H18O2/c1-6-11(12)13-10(9(4)5)7-8(2)3/h6-9H,1H2,2-5H3. The number of ether oxygens (including phenoxy) is 1. The fourth-order valence-electron chi connectivity index (χ4n) is 0.831. The summed E-state index contributed by atoms with van der Waals surface area (Å²) in [5, 5.41) is 0. The first-order valence-electron chi connectivity index (χ1n) is 4.53. The monoisotopic (exact) mass is 182 g/mol. The van der Waals surface area contributed by atoms with Gasteiger partial charge in [-0.15, -0.1) is 0 Å². The van der Waals surface area contributed by atoms with Gasteiger partial charge in [-0.1, -0.05) is 34.3 Å². The zero-order valence-corrected chi connectivity index (χ0v) is 8.83. The largest absolute Gasteiger partial charge is 0.428 e. The molecule has 0 aliphatic rings. The lowest BCUT2D eigenvalue weighted by Gasteiger charge is -2.11. The molecule has 0 saturated carbocycles. The summed E-state index contributed by atoms with van der Waals surface area (Å²) in [5.74, 6) is 0.946. The normalized spacial score (nSPS) is 12.0. The van der Waals surface area contributed by atoms with E-state index in [0.717, 1.165) is 5.76 Å². The van der Waals surface area contributed by atoms with Crippen molar-refractivity contribution in [3.05, 3.63) is 24.5 Å². The van der Waals surface area contributed by atoms with Crippen LogP contribution < -0.4 is 0 Å². The highest BCUT2D eigenvalue weighted by atomic mass is 16.5. The van der Waals surface area contributed by atoms with Gasteiger partial charge in [0.25, 0.3) is 0 Å². The average molecular weight is 182 g/mol. The van der Waals surface area contributed by atoms with Crippen molar-refractivity contribution in [3.8, 4) is 0 Å². The quantitative estimate of drug-likeness (QED) is 0.379. The van der Waals surface area contributed by atoms with Crippen LogP contribution in [-0.4, -0.2) is 5.97 Å². The Bertz CT molecular complexity index is 212. The van der Waals surface area contributed by atoms with Gasteiger partial charge in [0, 0.05) is 12.0 Å². The van der Waals surface area contributed by atoms with Gasteiger partial charge in [-0.2, -0.15) is 0 Å². The Kier molecular flexibility index (Phi) is 5.12. The molecular weight excluding hydrogens is 164 g/mol. The van der Waals surface area contributed by atoms with Crippen LogP contribution in [0, 0.1) is 11.8 Å². The molecule has 0 atom stereocenters. The van der Waals surface area contributed by atoms with E-state index in [1.165, 1.54) is 6.08 Å². The molecule has 0 aliphatic heterocycles. The molecule has 74 valence electrons. The first kappa shape index (κ1) is 11.9. The Morgan fingerprint density at radius 3 is 2.15 bits per heavy atom. The second kappa shape index (κ2) is 5.57. The Hall–Kier alpha value is -1.05. The molecule has 0 bridgehead atoms. The molecule has 0 heterocycles. The molecule has 0 N–H and O–H groups in total. The van der Waals surface area contributed by atoms with Crippen LogP contribution >= 0.6 is 0 Å². The molecule has 2 nitrogen and oxygen atoms in total. The number of esters is 1. The first-order chi connectivity index (χ1) is 5.97. The summed E-state index contributed by atoms with van der Waals surface area (Å²) in [7, 11) is 0. The van der Waals surface area contributed by atoms with Crippen LogP contribution in [0.3, 0.4) is 0 Å². The fourth-order valence-corrected chi connectivity index (χ4v) is 0.831.